The van der Waals surface area contributed by atoms with Crippen LogP contribution in [0, 0.1) is 13.8 Å². The normalized spacial score (nSPS) is 10.8. The minimum atomic E-state index is -0.112. The molecule has 2 aromatic heterocycles. The lowest BCUT2D eigenvalue weighted by Crippen LogP contribution is -2.02. The molecule has 0 saturated carbocycles. The minimum absolute atomic E-state index is 0.112. The summed E-state index contributed by atoms with van der Waals surface area (Å²) in [7, 11) is 0. The number of carbonyl (C=O) groups excluding carboxylic acids is 1. The monoisotopic (exact) mass is 342 g/mol. The van der Waals surface area contributed by atoms with Crippen LogP contribution >= 0.6 is 0 Å². The number of aryl methyl sites for hydroxylation is 2. The largest absolute Gasteiger partial charge is 0.464 e. The average Bonchev–Trinajstić information content (AvgIpc) is 3.32. The van der Waals surface area contributed by atoms with Gasteiger partial charge in [-0.2, -0.15) is 0 Å². The fraction of sp³-hybridized carbons (Fsp3) is 0.0870. The first-order valence-corrected chi connectivity index (χ1v) is 8.47. The molecule has 0 atom stereocenters. The number of rotatable bonds is 4. The van der Waals surface area contributed by atoms with Gasteiger partial charge in [0.2, 0.25) is 5.78 Å². The standard InChI is InChI=1S/C23H18O3/c1-15-3-7-17(8-4-15)22-19(11-13-25-22)21(24)20-12-14-26-23(20)18-9-5-16(2)6-10-18/h3-14H,1-2H3. The maximum atomic E-state index is 13.2. The van der Waals surface area contributed by atoms with E-state index in [4.69, 9.17) is 8.83 Å². The van der Waals surface area contributed by atoms with E-state index < -0.39 is 0 Å². The number of ketones is 1. The first-order valence-electron chi connectivity index (χ1n) is 8.47. The summed E-state index contributed by atoms with van der Waals surface area (Å²) in [6.45, 7) is 4.05. The summed E-state index contributed by atoms with van der Waals surface area (Å²) in [4.78, 5) is 13.2. The van der Waals surface area contributed by atoms with Gasteiger partial charge in [-0.15, -0.1) is 0 Å². The maximum absolute atomic E-state index is 13.2. The molecule has 0 bridgehead atoms. The van der Waals surface area contributed by atoms with Crippen LogP contribution in [0.2, 0.25) is 0 Å². The molecule has 0 aliphatic carbocycles. The molecule has 0 amide bonds. The SMILES string of the molecule is Cc1ccc(-c2occc2C(=O)c2ccoc2-c2ccc(C)cc2)cc1. The molecule has 0 spiro atoms. The second-order valence-electron chi connectivity index (χ2n) is 6.39. The lowest BCUT2D eigenvalue weighted by Gasteiger charge is -2.05. The molecule has 0 N–H and O–H groups in total. The molecule has 128 valence electrons. The smallest absolute Gasteiger partial charge is 0.200 e. The Morgan fingerprint density at radius 3 is 1.38 bits per heavy atom. The van der Waals surface area contributed by atoms with E-state index in [1.54, 1.807) is 24.7 Å². The highest BCUT2D eigenvalue weighted by atomic mass is 16.3. The number of hydrogen-bond acceptors (Lipinski definition) is 3. The first kappa shape index (κ1) is 16.2. The average molecular weight is 342 g/mol. The zero-order chi connectivity index (χ0) is 18.1. The van der Waals surface area contributed by atoms with Crippen molar-refractivity contribution in [2.45, 2.75) is 13.8 Å². The van der Waals surface area contributed by atoms with Gasteiger partial charge in [0.05, 0.1) is 23.7 Å². The summed E-state index contributed by atoms with van der Waals surface area (Å²) in [6, 6.07) is 19.3. The van der Waals surface area contributed by atoms with Crippen LogP contribution in [0.3, 0.4) is 0 Å². The van der Waals surface area contributed by atoms with E-state index in [9.17, 15) is 4.79 Å². The highest BCUT2D eigenvalue weighted by Crippen LogP contribution is 2.31. The van der Waals surface area contributed by atoms with E-state index in [1.807, 2.05) is 62.4 Å². The lowest BCUT2D eigenvalue weighted by molar-refractivity contribution is 0.103. The third-order valence-corrected chi connectivity index (χ3v) is 4.45. The van der Waals surface area contributed by atoms with Crippen molar-refractivity contribution in [3.8, 4) is 22.6 Å². The van der Waals surface area contributed by atoms with E-state index in [0.29, 0.717) is 22.6 Å². The molecule has 4 rings (SSSR count). The van der Waals surface area contributed by atoms with E-state index in [0.717, 1.165) is 22.3 Å². The van der Waals surface area contributed by atoms with E-state index in [-0.39, 0.29) is 5.78 Å². The molecule has 0 fully saturated rings. The summed E-state index contributed by atoms with van der Waals surface area (Å²) in [5.74, 6) is 1.04. The van der Waals surface area contributed by atoms with Gasteiger partial charge in [0, 0.05) is 11.1 Å². The van der Waals surface area contributed by atoms with Crippen LogP contribution in [-0.4, -0.2) is 5.78 Å². The Bertz CT molecular complexity index is 962. The quantitative estimate of drug-likeness (QED) is 0.424. The minimum Gasteiger partial charge on any atom is -0.464 e. The Morgan fingerprint density at radius 2 is 1.00 bits per heavy atom. The molecule has 0 aliphatic heterocycles. The van der Waals surface area contributed by atoms with Crippen LogP contribution in [0.15, 0.2) is 82.0 Å². The molecule has 2 aromatic carbocycles. The van der Waals surface area contributed by atoms with Crippen LogP contribution in [0.5, 0.6) is 0 Å². The summed E-state index contributed by atoms with van der Waals surface area (Å²) < 4.78 is 11.2. The van der Waals surface area contributed by atoms with Crippen LogP contribution in [0.1, 0.15) is 27.0 Å². The summed E-state index contributed by atoms with van der Waals surface area (Å²) in [5.41, 5.74) is 5.13. The Hall–Kier alpha value is -3.33. The van der Waals surface area contributed by atoms with Gasteiger partial charge in [0.15, 0.2) is 0 Å². The molecule has 4 aromatic rings. The highest BCUT2D eigenvalue weighted by molar-refractivity contribution is 6.14. The zero-order valence-corrected chi connectivity index (χ0v) is 14.7. The van der Waals surface area contributed by atoms with Gasteiger partial charge in [-0.3, -0.25) is 4.79 Å². The molecule has 0 aliphatic rings. The predicted octanol–water partition coefficient (Wildman–Crippen LogP) is 6.05. The molecular formula is C23H18O3. The van der Waals surface area contributed by atoms with Crippen molar-refractivity contribution in [3.63, 3.8) is 0 Å². The summed E-state index contributed by atoms with van der Waals surface area (Å²) in [5, 5.41) is 0. The fourth-order valence-electron chi connectivity index (χ4n) is 2.98. The number of furan rings is 2. The predicted molar refractivity (Wildman–Crippen MR) is 101 cm³/mol. The molecule has 0 radical (unpaired) electrons. The number of carbonyl (C=O) groups is 1. The summed E-state index contributed by atoms with van der Waals surface area (Å²) in [6.07, 6.45) is 3.10. The lowest BCUT2D eigenvalue weighted by atomic mass is 9.98. The van der Waals surface area contributed by atoms with E-state index >= 15 is 0 Å². The molecule has 0 saturated heterocycles. The van der Waals surface area contributed by atoms with Gasteiger partial charge < -0.3 is 8.83 Å². The Kier molecular flexibility index (Phi) is 4.05. The molecule has 3 heteroatoms. The topological polar surface area (TPSA) is 43.4 Å². The Balaban J connectivity index is 1.75. The molecular weight excluding hydrogens is 324 g/mol. The second-order valence-corrected chi connectivity index (χ2v) is 6.39. The van der Waals surface area contributed by atoms with Crippen molar-refractivity contribution in [2.24, 2.45) is 0 Å². The van der Waals surface area contributed by atoms with Crippen LogP contribution in [0.4, 0.5) is 0 Å². The van der Waals surface area contributed by atoms with E-state index in [2.05, 4.69) is 0 Å². The Labute approximate surface area is 151 Å². The van der Waals surface area contributed by atoms with Gasteiger partial charge >= 0.3 is 0 Å². The van der Waals surface area contributed by atoms with Gasteiger partial charge in [-0.05, 0) is 26.0 Å². The van der Waals surface area contributed by atoms with Crippen molar-refractivity contribution in [2.75, 3.05) is 0 Å². The van der Waals surface area contributed by atoms with Crippen molar-refractivity contribution in [3.05, 3.63) is 95.4 Å². The third kappa shape index (κ3) is 2.88. The van der Waals surface area contributed by atoms with Crippen molar-refractivity contribution in [1.29, 1.82) is 0 Å². The highest BCUT2D eigenvalue weighted by Gasteiger charge is 2.22. The first-order chi connectivity index (χ1) is 12.6. The number of hydrogen-bond donors (Lipinski definition) is 0. The van der Waals surface area contributed by atoms with Crippen molar-refractivity contribution < 1.29 is 13.6 Å². The van der Waals surface area contributed by atoms with Crippen LogP contribution in [0.25, 0.3) is 22.6 Å². The molecule has 0 unspecified atom stereocenters. The van der Waals surface area contributed by atoms with Gasteiger partial charge in [-0.25, -0.2) is 0 Å². The van der Waals surface area contributed by atoms with Crippen molar-refractivity contribution >= 4 is 5.78 Å². The number of benzene rings is 2. The van der Waals surface area contributed by atoms with Crippen LogP contribution in [-0.2, 0) is 0 Å². The maximum Gasteiger partial charge on any atom is 0.200 e. The fourth-order valence-corrected chi connectivity index (χ4v) is 2.98. The van der Waals surface area contributed by atoms with Gasteiger partial charge in [-0.1, -0.05) is 59.7 Å². The third-order valence-electron chi connectivity index (χ3n) is 4.45. The van der Waals surface area contributed by atoms with Crippen LogP contribution < -0.4 is 0 Å². The van der Waals surface area contributed by atoms with Crippen molar-refractivity contribution in [1.82, 2.24) is 0 Å². The molecule has 26 heavy (non-hydrogen) atoms. The second kappa shape index (κ2) is 6.52. The zero-order valence-electron chi connectivity index (χ0n) is 14.7. The van der Waals surface area contributed by atoms with Gasteiger partial charge in [0.25, 0.3) is 0 Å². The summed E-state index contributed by atoms with van der Waals surface area (Å²) >= 11 is 0. The van der Waals surface area contributed by atoms with E-state index in [1.165, 1.54) is 0 Å². The van der Waals surface area contributed by atoms with Gasteiger partial charge in [0.1, 0.15) is 11.5 Å². The molecule has 3 nitrogen and oxygen atoms in total. The molecule has 2 heterocycles. The Morgan fingerprint density at radius 1 is 0.615 bits per heavy atom.